The summed E-state index contributed by atoms with van der Waals surface area (Å²) in [5.74, 6) is 1.91. The van der Waals surface area contributed by atoms with E-state index in [9.17, 15) is 4.79 Å². The molecule has 128 valence electrons. The molecule has 24 heavy (non-hydrogen) atoms. The van der Waals surface area contributed by atoms with Crippen molar-refractivity contribution in [2.45, 2.75) is 25.3 Å². The number of aromatic nitrogens is 2. The van der Waals surface area contributed by atoms with Crippen LogP contribution in [0.15, 0.2) is 29.9 Å². The third-order valence-electron chi connectivity index (χ3n) is 4.12. The number of nitrogens with zero attached hydrogens (tertiary/aromatic N) is 4. The van der Waals surface area contributed by atoms with Gasteiger partial charge in [-0.2, -0.15) is 0 Å². The standard InChI is InChI=1S/C17H23N5OS/c1-21(2)15-10-16(19-12-18-15)22-7-3-5-13(11-22)20-17(23)9-14-6-4-8-24-14/h4,6,8,10,12-13H,3,5,7,9,11H2,1-2H3,(H,20,23). The minimum atomic E-state index is 0.0981. The molecular formula is C17H23N5OS. The molecule has 2 aromatic rings. The van der Waals surface area contributed by atoms with Crippen molar-refractivity contribution in [1.82, 2.24) is 15.3 Å². The third-order valence-corrected chi connectivity index (χ3v) is 5.00. The van der Waals surface area contributed by atoms with Gasteiger partial charge in [0.2, 0.25) is 5.91 Å². The van der Waals surface area contributed by atoms with E-state index in [4.69, 9.17) is 0 Å². The van der Waals surface area contributed by atoms with Gasteiger partial charge in [-0.25, -0.2) is 9.97 Å². The highest BCUT2D eigenvalue weighted by atomic mass is 32.1. The van der Waals surface area contributed by atoms with Crippen LogP contribution in [0.1, 0.15) is 17.7 Å². The van der Waals surface area contributed by atoms with Crippen LogP contribution in [0, 0.1) is 0 Å². The average Bonchev–Trinajstić information content (AvgIpc) is 3.08. The van der Waals surface area contributed by atoms with Crippen molar-refractivity contribution in [2.24, 2.45) is 0 Å². The lowest BCUT2D eigenvalue weighted by Gasteiger charge is -2.34. The van der Waals surface area contributed by atoms with Crippen LogP contribution in [-0.4, -0.2) is 49.1 Å². The Balaban J connectivity index is 1.60. The van der Waals surface area contributed by atoms with Crippen LogP contribution in [0.25, 0.3) is 0 Å². The molecule has 0 spiro atoms. The van der Waals surface area contributed by atoms with Gasteiger partial charge in [-0.15, -0.1) is 11.3 Å². The van der Waals surface area contributed by atoms with Gasteiger partial charge in [0.25, 0.3) is 0 Å². The van der Waals surface area contributed by atoms with Gasteiger partial charge in [-0.3, -0.25) is 4.79 Å². The van der Waals surface area contributed by atoms with Gasteiger partial charge in [-0.1, -0.05) is 6.07 Å². The zero-order valence-corrected chi connectivity index (χ0v) is 14.9. The Morgan fingerprint density at radius 1 is 1.46 bits per heavy atom. The quantitative estimate of drug-likeness (QED) is 0.897. The van der Waals surface area contributed by atoms with E-state index in [0.29, 0.717) is 6.42 Å². The molecular weight excluding hydrogens is 322 g/mol. The number of rotatable bonds is 5. The predicted octanol–water partition coefficient (Wildman–Crippen LogP) is 1.93. The number of piperidine rings is 1. The van der Waals surface area contributed by atoms with Crippen LogP contribution < -0.4 is 15.1 Å². The van der Waals surface area contributed by atoms with Gasteiger partial charge in [0.1, 0.15) is 18.0 Å². The Morgan fingerprint density at radius 3 is 3.08 bits per heavy atom. The van der Waals surface area contributed by atoms with Crippen LogP contribution in [0.3, 0.4) is 0 Å². The molecule has 1 aliphatic heterocycles. The molecule has 1 amide bonds. The van der Waals surface area contributed by atoms with Gasteiger partial charge in [0, 0.05) is 44.2 Å². The topological polar surface area (TPSA) is 61.4 Å². The minimum Gasteiger partial charge on any atom is -0.363 e. The summed E-state index contributed by atoms with van der Waals surface area (Å²) in [6.07, 6.45) is 4.12. The number of thiophene rings is 1. The lowest BCUT2D eigenvalue weighted by Crippen LogP contribution is -2.48. The maximum absolute atomic E-state index is 12.2. The maximum Gasteiger partial charge on any atom is 0.225 e. The predicted molar refractivity (Wildman–Crippen MR) is 97.8 cm³/mol. The Morgan fingerprint density at radius 2 is 2.33 bits per heavy atom. The van der Waals surface area contributed by atoms with Crippen LogP contribution in [0.4, 0.5) is 11.6 Å². The highest BCUT2D eigenvalue weighted by Crippen LogP contribution is 2.20. The van der Waals surface area contributed by atoms with E-state index < -0.39 is 0 Å². The van der Waals surface area contributed by atoms with Crippen molar-refractivity contribution >= 4 is 28.9 Å². The maximum atomic E-state index is 12.2. The molecule has 7 heteroatoms. The van der Waals surface area contributed by atoms with Gasteiger partial charge in [0.15, 0.2) is 0 Å². The number of nitrogens with one attached hydrogen (secondary N) is 1. The first-order valence-corrected chi connectivity index (χ1v) is 9.06. The van der Waals surface area contributed by atoms with Crippen LogP contribution in [0.2, 0.25) is 0 Å². The summed E-state index contributed by atoms with van der Waals surface area (Å²) in [4.78, 5) is 26.2. The summed E-state index contributed by atoms with van der Waals surface area (Å²) < 4.78 is 0. The van der Waals surface area contributed by atoms with Gasteiger partial charge in [0.05, 0.1) is 6.42 Å². The summed E-state index contributed by atoms with van der Waals surface area (Å²) in [7, 11) is 3.94. The minimum absolute atomic E-state index is 0.0981. The largest absolute Gasteiger partial charge is 0.363 e. The number of carbonyl (C=O) groups excluding carboxylic acids is 1. The lowest BCUT2D eigenvalue weighted by atomic mass is 10.1. The molecule has 0 saturated carbocycles. The monoisotopic (exact) mass is 345 g/mol. The molecule has 1 N–H and O–H groups in total. The second-order valence-corrected chi connectivity index (χ2v) is 7.27. The molecule has 0 aromatic carbocycles. The van der Waals surface area contributed by atoms with E-state index in [1.54, 1.807) is 17.7 Å². The normalized spacial score (nSPS) is 17.6. The van der Waals surface area contributed by atoms with E-state index in [1.807, 2.05) is 42.6 Å². The fourth-order valence-corrected chi connectivity index (χ4v) is 3.61. The Labute approximate surface area is 146 Å². The molecule has 6 nitrogen and oxygen atoms in total. The molecule has 1 aliphatic rings. The SMILES string of the molecule is CN(C)c1cc(N2CCCC(NC(=O)Cc3cccs3)C2)ncn1. The third kappa shape index (κ3) is 4.23. The summed E-state index contributed by atoms with van der Waals surface area (Å²) in [5.41, 5.74) is 0. The number of hydrogen-bond acceptors (Lipinski definition) is 6. The molecule has 1 saturated heterocycles. The van der Waals surface area contributed by atoms with E-state index in [1.165, 1.54) is 0 Å². The van der Waals surface area contributed by atoms with Crippen molar-refractivity contribution in [3.63, 3.8) is 0 Å². The number of anilines is 2. The fraction of sp³-hybridized carbons (Fsp3) is 0.471. The average molecular weight is 345 g/mol. The first-order valence-electron chi connectivity index (χ1n) is 8.18. The van der Waals surface area contributed by atoms with E-state index in [-0.39, 0.29) is 11.9 Å². The van der Waals surface area contributed by atoms with Crippen molar-refractivity contribution in [3.05, 3.63) is 34.8 Å². The first-order chi connectivity index (χ1) is 11.6. The Bertz CT molecular complexity index is 673. The zero-order valence-electron chi connectivity index (χ0n) is 14.1. The van der Waals surface area contributed by atoms with Crippen LogP contribution >= 0.6 is 11.3 Å². The number of carbonyl (C=O) groups is 1. The van der Waals surface area contributed by atoms with Crippen molar-refractivity contribution in [3.8, 4) is 0 Å². The highest BCUT2D eigenvalue weighted by Gasteiger charge is 2.23. The molecule has 2 aromatic heterocycles. The smallest absolute Gasteiger partial charge is 0.225 e. The van der Waals surface area contributed by atoms with Gasteiger partial charge < -0.3 is 15.1 Å². The second-order valence-electron chi connectivity index (χ2n) is 6.24. The molecule has 0 aliphatic carbocycles. The molecule has 3 heterocycles. The highest BCUT2D eigenvalue weighted by molar-refractivity contribution is 7.10. The Hall–Kier alpha value is -2.15. The second kappa shape index (κ2) is 7.61. The summed E-state index contributed by atoms with van der Waals surface area (Å²) in [5, 5.41) is 5.17. The molecule has 3 rings (SSSR count). The van der Waals surface area contributed by atoms with E-state index in [2.05, 4.69) is 20.2 Å². The lowest BCUT2D eigenvalue weighted by molar-refractivity contribution is -0.121. The first kappa shape index (κ1) is 16.7. The molecule has 1 fully saturated rings. The van der Waals surface area contributed by atoms with Crippen molar-refractivity contribution < 1.29 is 4.79 Å². The van der Waals surface area contributed by atoms with Crippen LogP contribution in [-0.2, 0) is 11.2 Å². The number of amides is 1. The van der Waals surface area contributed by atoms with Crippen LogP contribution in [0.5, 0.6) is 0 Å². The molecule has 0 radical (unpaired) electrons. The fourth-order valence-electron chi connectivity index (χ4n) is 2.91. The van der Waals surface area contributed by atoms with Crippen molar-refractivity contribution in [1.29, 1.82) is 0 Å². The van der Waals surface area contributed by atoms with Crippen molar-refractivity contribution in [2.75, 3.05) is 37.0 Å². The van der Waals surface area contributed by atoms with E-state index >= 15 is 0 Å². The van der Waals surface area contributed by atoms with Gasteiger partial charge in [-0.05, 0) is 24.3 Å². The summed E-state index contributed by atoms with van der Waals surface area (Å²) in [6.45, 7) is 1.75. The molecule has 1 unspecified atom stereocenters. The summed E-state index contributed by atoms with van der Waals surface area (Å²) in [6, 6.07) is 6.15. The molecule has 0 bridgehead atoms. The zero-order chi connectivity index (χ0) is 16.9. The summed E-state index contributed by atoms with van der Waals surface area (Å²) >= 11 is 1.62. The van der Waals surface area contributed by atoms with E-state index in [0.717, 1.165) is 42.4 Å². The Kier molecular flexibility index (Phi) is 5.30. The van der Waals surface area contributed by atoms with Gasteiger partial charge >= 0.3 is 0 Å². The molecule has 1 atom stereocenters. The number of hydrogen-bond donors (Lipinski definition) is 1.